The second-order valence-electron chi connectivity index (χ2n) is 6.89. The van der Waals surface area contributed by atoms with Gasteiger partial charge in [-0.15, -0.1) is 0 Å². The molecule has 0 aliphatic carbocycles. The van der Waals surface area contributed by atoms with Gasteiger partial charge in [0.2, 0.25) is 0 Å². The van der Waals surface area contributed by atoms with Crippen LogP contribution < -0.4 is 10.1 Å². The molecule has 1 aromatic heterocycles. The summed E-state index contributed by atoms with van der Waals surface area (Å²) >= 11 is 0. The normalized spacial score (nSPS) is 18.9. The van der Waals surface area contributed by atoms with Crippen molar-refractivity contribution in [2.24, 2.45) is 5.92 Å². The van der Waals surface area contributed by atoms with Gasteiger partial charge in [-0.3, -0.25) is 9.78 Å². The van der Waals surface area contributed by atoms with Crippen LogP contribution >= 0.6 is 0 Å². The van der Waals surface area contributed by atoms with Gasteiger partial charge < -0.3 is 14.8 Å². The summed E-state index contributed by atoms with van der Waals surface area (Å²) in [5.74, 6) is -0.789. The lowest BCUT2D eigenvalue weighted by molar-refractivity contribution is 0.0917. The summed E-state index contributed by atoms with van der Waals surface area (Å²) in [5, 5.41) is 4.02. The predicted octanol–water partition coefficient (Wildman–Crippen LogP) is 3.37. The summed E-state index contributed by atoms with van der Waals surface area (Å²) in [6, 6.07) is 14.1. The number of ether oxygens (including phenoxy) is 2. The zero-order valence-electron chi connectivity index (χ0n) is 15.5. The van der Waals surface area contributed by atoms with Crippen molar-refractivity contribution in [3.05, 3.63) is 71.7 Å². The number of carbonyl (C=O) groups excluding carboxylic acids is 1. The van der Waals surface area contributed by atoms with E-state index < -0.39 is 11.7 Å². The van der Waals surface area contributed by atoms with Crippen LogP contribution in [0.5, 0.6) is 5.75 Å². The summed E-state index contributed by atoms with van der Waals surface area (Å²) in [6.07, 6.45) is 2.54. The highest BCUT2D eigenvalue weighted by Gasteiger charge is 2.31. The highest BCUT2D eigenvalue weighted by molar-refractivity contribution is 5.97. The van der Waals surface area contributed by atoms with E-state index in [0.717, 1.165) is 22.9 Å². The van der Waals surface area contributed by atoms with Crippen LogP contribution in [0.4, 0.5) is 4.39 Å². The molecule has 1 saturated heterocycles. The lowest BCUT2D eigenvalue weighted by atomic mass is 9.93. The molecule has 1 fully saturated rings. The molecule has 28 heavy (non-hydrogen) atoms. The molecule has 0 unspecified atom stereocenters. The maximum atomic E-state index is 14.2. The fourth-order valence-electron chi connectivity index (χ4n) is 3.71. The van der Waals surface area contributed by atoms with Crippen molar-refractivity contribution in [1.29, 1.82) is 0 Å². The van der Waals surface area contributed by atoms with Crippen molar-refractivity contribution in [1.82, 2.24) is 10.3 Å². The van der Waals surface area contributed by atoms with Gasteiger partial charge in [-0.05, 0) is 36.2 Å². The Morgan fingerprint density at radius 1 is 1.21 bits per heavy atom. The lowest BCUT2D eigenvalue weighted by Crippen LogP contribution is -2.41. The number of hydrogen-bond donors (Lipinski definition) is 1. The standard InChI is InChI=1S/C22H21FN2O3/c1-27-20-8-4-6-17(23)21(20)22(26)25-19-13-28-12-15(19)11-14-9-10-24-18-7-3-2-5-16(14)18/h2-10,15,19H,11-13H2,1H3,(H,25,26)/t15-,19+/m1/s1. The third kappa shape index (κ3) is 3.55. The van der Waals surface area contributed by atoms with E-state index in [0.29, 0.717) is 13.2 Å². The van der Waals surface area contributed by atoms with Crippen LogP contribution in [0.2, 0.25) is 0 Å². The van der Waals surface area contributed by atoms with Crippen molar-refractivity contribution in [2.45, 2.75) is 12.5 Å². The van der Waals surface area contributed by atoms with Crippen LogP contribution in [0.3, 0.4) is 0 Å². The highest BCUT2D eigenvalue weighted by Crippen LogP contribution is 2.26. The van der Waals surface area contributed by atoms with Crippen molar-refractivity contribution < 1.29 is 18.7 Å². The third-order valence-corrected chi connectivity index (χ3v) is 5.16. The van der Waals surface area contributed by atoms with Crippen LogP contribution in [0.1, 0.15) is 15.9 Å². The van der Waals surface area contributed by atoms with Crippen molar-refractivity contribution >= 4 is 16.8 Å². The molecule has 1 N–H and O–H groups in total. The summed E-state index contributed by atoms with van der Waals surface area (Å²) in [7, 11) is 1.42. The lowest BCUT2D eigenvalue weighted by Gasteiger charge is -2.20. The molecule has 0 radical (unpaired) electrons. The van der Waals surface area contributed by atoms with E-state index in [2.05, 4.69) is 10.3 Å². The van der Waals surface area contributed by atoms with E-state index >= 15 is 0 Å². The molecule has 0 spiro atoms. The zero-order valence-corrected chi connectivity index (χ0v) is 15.5. The topological polar surface area (TPSA) is 60.5 Å². The SMILES string of the molecule is COc1cccc(F)c1C(=O)N[C@H]1COC[C@H]1Cc1ccnc2ccccc12. The van der Waals surface area contributed by atoms with Gasteiger partial charge in [0.15, 0.2) is 0 Å². The summed E-state index contributed by atoms with van der Waals surface area (Å²) in [4.78, 5) is 17.1. The van der Waals surface area contributed by atoms with Crippen LogP contribution in [-0.4, -0.2) is 37.3 Å². The minimum Gasteiger partial charge on any atom is -0.496 e. The van der Waals surface area contributed by atoms with Crippen molar-refractivity contribution in [2.75, 3.05) is 20.3 Å². The number of nitrogens with zero attached hydrogens (tertiary/aromatic N) is 1. The number of methoxy groups -OCH3 is 1. The minimum atomic E-state index is -0.604. The smallest absolute Gasteiger partial charge is 0.258 e. The Labute approximate surface area is 162 Å². The minimum absolute atomic E-state index is 0.0787. The molecule has 1 aliphatic heterocycles. The number of carbonyl (C=O) groups is 1. The predicted molar refractivity (Wildman–Crippen MR) is 104 cm³/mol. The number of para-hydroxylation sites is 1. The zero-order chi connectivity index (χ0) is 19.5. The fraction of sp³-hybridized carbons (Fsp3) is 0.273. The number of nitrogens with one attached hydrogen (secondary N) is 1. The average molecular weight is 380 g/mol. The molecule has 0 bridgehead atoms. The molecule has 2 aromatic carbocycles. The largest absolute Gasteiger partial charge is 0.496 e. The molecule has 4 rings (SSSR count). The number of pyridine rings is 1. The second kappa shape index (κ2) is 7.94. The molecule has 3 aromatic rings. The summed E-state index contributed by atoms with van der Waals surface area (Å²) < 4.78 is 25.0. The van der Waals surface area contributed by atoms with Gasteiger partial charge in [0.05, 0.1) is 31.9 Å². The van der Waals surface area contributed by atoms with Gasteiger partial charge in [-0.1, -0.05) is 24.3 Å². The van der Waals surface area contributed by atoms with Crippen LogP contribution in [0.15, 0.2) is 54.7 Å². The Bertz CT molecular complexity index is 1000. The average Bonchev–Trinajstić information content (AvgIpc) is 3.14. The molecular weight excluding hydrogens is 359 g/mol. The van der Waals surface area contributed by atoms with Gasteiger partial charge in [0.25, 0.3) is 5.91 Å². The van der Waals surface area contributed by atoms with E-state index in [1.807, 2.05) is 30.3 Å². The van der Waals surface area contributed by atoms with Crippen LogP contribution in [-0.2, 0) is 11.2 Å². The molecule has 1 aliphatic rings. The molecule has 6 heteroatoms. The molecule has 0 saturated carbocycles. The quantitative estimate of drug-likeness (QED) is 0.737. The third-order valence-electron chi connectivity index (χ3n) is 5.16. The first-order chi connectivity index (χ1) is 13.7. The highest BCUT2D eigenvalue weighted by atomic mass is 19.1. The van der Waals surface area contributed by atoms with Gasteiger partial charge in [0.1, 0.15) is 17.1 Å². The number of aromatic nitrogens is 1. The van der Waals surface area contributed by atoms with Crippen molar-refractivity contribution in [3.63, 3.8) is 0 Å². The first-order valence-corrected chi connectivity index (χ1v) is 9.21. The van der Waals surface area contributed by atoms with Crippen LogP contribution in [0.25, 0.3) is 10.9 Å². The fourth-order valence-corrected chi connectivity index (χ4v) is 3.71. The number of fused-ring (bicyclic) bond motifs is 1. The molecule has 144 valence electrons. The summed E-state index contributed by atoms with van der Waals surface area (Å²) in [6.45, 7) is 0.937. The summed E-state index contributed by atoms with van der Waals surface area (Å²) in [5.41, 5.74) is 2.02. The van der Waals surface area contributed by atoms with Crippen LogP contribution in [0, 0.1) is 11.7 Å². The van der Waals surface area contributed by atoms with Gasteiger partial charge >= 0.3 is 0 Å². The van der Waals surface area contributed by atoms with E-state index in [1.165, 1.54) is 19.2 Å². The molecule has 2 atom stereocenters. The molecule has 1 amide bonds. The number of halogens is 1. The number of hydrogen-bond acceptors (Lipinski definition) is 4. The molecule has 2 heterocycles. The number of benzene rings is 2. The van der Waals surface area contributed by atoms with Gasteiger partial charge in [-0.25, -0.2) is 4.39 Å². The number of rotatable bonds is 5. The van der Waals surface area contributed by atoms with E-state index in [-0.39, 0.29) is 23.3 Å². The molecule has 5 nitrogen and oxygen atoms in total. The first kappa shape index (κ1) is 18.4. The van der Waals surface area contributed by atoms with Gasteiger partial charge in [-0.2, -0.15) is 0 Å². The Balaban J connectivity index is 1.54. The first-order valence-electron chi connectivity index (χ1n) is 9.21. The van der Waals surface area contributed by atoms with E-state index in [4.69, 9.17) is 9.47 Å². The van der Waals surface area contributed by atoms with E-state index in [9.17, 15) is 9.18 Å². The Morgan fingerprint density at radius 3 is 2.93 bits per heavy atom. The Morgan fingerprint density at radius 2 is 2.07 bits per heavy atom. The number of amides is 1. The van der Waals surface area contributed by atoms with Gasteiger partial charge in [0, 0.05) is 17.5 Å². The molecular formula is C22H21FN2O3. The monoisotopic (exact) mass is 380 g/mol. The van der Waals surface area contributed by atoms with E-state index in [1.54, 1.807) is 12.3 Å². The Hall–Kier alpha value is -2.99. The maximum absolute atomic E-state index is 14.2. The Kier molecular flexibility index (Phi) is 5.21. The maximum Gasteiger partial charge on any atom is 0.258 e. The second-order valence-corrected chi connectivity index (χ2v) is 6.89. The van der Waals surface area contributed by atoms with Crippen molar-refractivity contribution in [3.8, 4) is 5.75 Å².